The van der Waals surface area contributed by atoms with Crippen LogP contribution in [0, 0.1) is 5.92 Å². The Morgan fingerprint density at radius 3 is 2.40 bits per heavy atom. The molecule has 8 heteroatoms. The Bertz CT molecular complexity index is 711. The molecule has 0 radical (unpaired) electrons. The first-order valence-electron chi connectivity index (χ1n) is 7.98. The van der Waals surface area contributed by atoms with Crippen molar-refractivity contribution in [3.05, 3.63) is 35.4 Å². The number of nitrogens with zero attached hydrogens (tertiary/aromatic N) is 1. The molecule has 2 saturated heterocycles. The summed E-state index contributed by atoms with van der Waals surface area (Å²) in [4.78, 5) is 41.4. The van der Waals surface area contributed by atoms with Gasteiger partial charge in [0, 0.05) is 5.92 Å². The van der Waals surface area contributed by atoms with Crippen LogP contribution in [0.25, 0.3) is 0 Å². The third-order valence-electron chi connectivity index (χ3n) is 4.51. The maximum absolute atomic E-state index is 12.3. The van der Waals surface area contributed by atoms with Gasteiger partial charge in [-0.05, 0) is 26.0 Å². The molecule has 1 aromatic rings. The van der Waals surface area contributed by atoms with E-state index in [1.165, 1.54) is 0 Å². The van der Waals surface area contributed by atoms with Crippen LogP contribution in [0.15, 0.2) is 24.3 Å². The smallest absolute Gasteiger partial charge is 0.285 e. The van der Waals surface area contributed by atoms with Gasteiger partial charge in [0.1, 0.15) is 18.5 Å². The summed E-state index contributed by atoms with van der Waals surface area (Å²) in [7, 11) is 0. The van der Waals surface area contributed by atoms with Crippen LogP contribution in [0.1, 0.15) is 34.6 Å². The number of carbonyl (C=O) groups excluding carboxylic acids is 3. The number of hydrogen-bond acceptors (Lipinski definition) is 7. The number of carbonyl (C=O) groups is 3. The molecule has 0 spiro atoms. The summed E-state index contributed by atoms with van der Waals surface area (Å²) >= 11 is 0. The highest BCUT2D eigenvalue weighted by atomic mass is 16.8. The van der Waals surface area contributed by atoms with E-state index in [1.54, 1.807) is 38.1 Å². The predicted octanol–water partition coefficient (Wildman–Crippen LogP) is 0.906. The van der Waals surface area contributed by atoms with Gasteiger partial charge < -0.3 is 19.0 Å². The van der Waals surface area contributed by atoms with Crippen molar-refractivity contribution in [3.8, 4) is 0 Å². The van der Waals surface area contributed by atoms with Crippen molar-refractivity contribution in [2.45, 2.75) is 38.1 Å². The van der Waals surface area contributed by atoms with Crippen LogP contribution in [0.3, 0.4) is 0 Å². The molecule has 0 unspecified atom stereocenters. The third-order valence-corrected chi connectivity index (χ3v) is 4.51. The fraction of sp³-hybridized carbons (Fsp3) is 0.471. The normalized spacial score (nSPS) is 32.8. The highest BCUT2D eigenvalue weighted by Gasteiger charge is 2.55. The molecule has 3 heterocycles. The molecule has 0 N–H and O–H groups in total. The van der Waals surface area contributed by atoms with E-state index < -0.39 is 42.0 Å². The van der Waals surface area contributed by atoms with Crippen molar-refractivity contribution in [2.75, 3.05) is 6.61 Å². The quantitative estimate of drug-likeness (QED) is 0.590. The summed E-state index contributed by atoms with van der Waals surface area (Å²) in [5.41, 5.74) is 0.586. The van der Waals surface area contributed by atoms with Crippen molar-refractivity contribution in [2.24, 2.45) is 5.92 Å². The van der Waals surface area contributed by atoms with Crippen molar-refractivity contribution >= 4 is 18.1 Å². The molecule has 3 aliphatic heterocycles. The summed E-state index contributed by atoms with van der Waals surface area (Å²) in [5.74, 6) is -2.38. The van der Waals surface area contributed by atoms with Crippen LogP contribution in [-0.2, 0) is 23.8 Å². The van der Waals surface area contributed by atoms with Crippen LogP contribution in [0.4, 0.5) is 0 Å². The molecule has 3 aliphatic rings. The summed E-state index contributed by atoms with van der Waals surface area (Å²) in [6.45, 7) is 3.40. The fourth-order valence-electron chi connectivity index (χ4n) is 3.36. The summed E-state index contributed by atoms with van der Waals surface area (Å²) in [6, 6.07) is 6.49. The zero-order chi connectivity index (χ0) is 17.8. The van der Waals surface area contributed by atoms with Gasteiger partial charge in [0.2, 0.25) is 0 Å². The van der Waals surface area contributed by atoms with Gasteiger partial charge in [-0.2, -0.15) is 0 Å². The number of fused-ring (bicyclic) bond motifs is 2. The van der Waals surface area contributed by atoms with Gasteiger partial charge in [0.05, 0.1) is 17.7 Å². The largest absolute Gasteiger partial charge is 0.341 e. The molecule has 8 nitrogen and oxygen atoms in total. The maximum Gasteiger partial charge on any atom is 0.285 e. The molecule has 0 saturated carbocycles. The number of hydroxylamine groups is 2. The Kier molecular flexibility index (Phi) is 3.73. The van der Waals surface area contributed by atoms with Crippen molar-refractivity contribution in [1.29, 1.82) is 0 Å². The number of rotatable bonds is 4. The molecular weight excluding hydrogens is 330 g/mol. The first kappa shape index (κ1) is 16.3. The molecule has 0 bridgehead atoms. The van der Waals surface area contributed by atoms with Crippen LogP contribution < -0.4 is 0 Å². The molecule has 25 heavy (non-hydrogen) atoms. The van der Waals surface area contributed by atoms with Crippen LogP contribution >= 0.6 is 0 Å². The SMILES string of the molecule is CC1(C)O[C@H]2O[C@H](C=O)[C@@H](CON3C(=O)c4ccccc4C3=O)[C@H]2O1. The third kappa shape index (κ3) is 2.58. The van der Waals surface area contributed by atoms with Crippen LogP contribution in [0.2, 0.25) is 0 Å². The summed E-state index contributed by atoms with van der Waals surface area (Å²) < 4.78 is 16.9. The topological polar surface area (TPSA) is 91.4 Å². The van der Waals surface area contributed by atoms with Crippen molar-refractivity contribution in [1.82, 2.24) is 5.06 Å². The van der Waals surface area contributed by atoms with E-state index in [-0.39, 0.29) is 6.61 Å². The highest BCUT2D eigenvalue weighted by molar-refractivity contribution is 6.20. The lowest BCUT2D eigenvalue weighted by Gasteiger charge is -2.24. The highest BCUT2D eigenvalue weighted by Crippen LogP contribution is 2.40. The lowest BCUT2D eigenvalue weighted by molar-refractivity contribution is -0.212. The number of ether oxygens (including phenoxy) is 3. The Morgan fingerprint density at radius 1 is 1.16 bits per heavy atom. The zero-order valence-electron chi connectivity index (χ0n) is 13.7. The number of amides is 2. The van der Waals surface area contributed by atoms with Gasteiger partial charge in [-0.15, -0.1) is 5.06 Å². The molecule has 4 atom stereocenters. The lowest BCUT2D eigenvalue weighted by atomic mass is 10.0. The Morgan fingerprint density at radius 2 is 1.80 bits per heavy atom. The van der Waals surface area contributed by atoms with Crippen LogP contribution in [0.5, 0.6) is 0 Å². The standard InChI is InChI=1S/C17H17NO7/c1-17(2)24-13-11(12(7-19)23-16(13)25-17)8-22-18-14(20)9-5-3-4-6-10(9)15(18)21/h3-7,11-13,16H,8H2,1-2H3/t11-,12-,13-,16-/m1/s1. The van der Waals surface area contributed by atoms with Crippen molar-refractivity contribution < 1.29 is 33.4 Å². The van der Waals surface area contributed by atoms with E-state index in [0.29, 0.717) is 17.4 Å². The average Bonchev–Trinajstić information content (AvgIpc) is 3.14. The minimum Gasteiger partial charge on any atom is -0.341 e. The first-order valence-corrected chi connectivity index (χ1v) is 7.98. The molecule has 0 aromatic heterocycles. The van der Waals surface area contributed by atoms with E-state index in [9.17, 15) is 14.4 Å². The van der Waals surface area contributed by atoms with E-state index in [0.717, 1.165) is 5.06 Å². The van der Waals surface area contributed by atoms with E-state index in [2.05, 4.69) is 0 Å². The molecule has 2 amide bonds. The molecule has 2 fully saturated rings. The second-order valence-electron chi connectivity index (χ2n) is 6.62. The molecule has 132 valence electrons. The Balaban J connectivity index is 1.49. The monoisotopic (exact) mass is 347 g/mol. The van der Waals surface area contributed by atoms with Gasteiger partial charge in [0.25, 0.3) is 11.8 Å². The van der Waals surface area contributed by atoms with Crippen LogP contribution in [-0.4, -0.2) is 54.1 Å². The lowest BCUT2D eigenvalue weighted by Crippen LogP contribution is -2.38. The van der Waals surface area contributed by atoms with E-state index in [4.69, 9.17) is 19.0 Å². The molecular formula is C17H17NO7. The zero-order valence-corrected chi connectivity index (χ0v) is 13.7. The number of benzene rings is 1. The van der Waals surface area contributed by atoms with Crippen molar-refractivity contribution in [3.63, 3.8) is 0 Å². The number of imide groups is 1. The average molecular weight is 347 g/mol. The minimum atomic E-state index is -0.836. The minimum absolute atomic E-state index is 0.0878. The van der Waals surface area contributed by atoms with Gasteiger partial charge >= 0.3 is 0 Å². The van der Waals surface area contributed by atoms with Gasteiger partial charge in [0.15, 0.2) is 12.1 Å². The summed E-state index contributed by atoms with van der Waals surface area (Å²) in [6.07, 6.45) is -1.34. The maximum atomic E-state index is 12.3. The van der Waals surface area contributed by atoms with E-state index in [1.807, 2.05) is 0 Å². The number of hydrogen-bond donors (Lipinski definition) is 0. The Labute approximate surface area is 143 Å². The van der Waals surface area contributed by atoms with Gasteiger partial charge in [-0.25, -0.2) is 0 Å². The first-order chi connectivity index (χ1) is 11.9. The number of aldehydes is 1. The van der Waals surface area contributed by atoms with E-state index >= 15 is 0 Å². The fourth-order valence-corrected chi connectivity index (χ4v) is 3.36. The Hall–Kier alpha value is -2.13. The second-order valence-corrected chi connectivity index (χ2v) is 6.62. The summed E-state index contributed by atoms with van der Waals surface area (Å²) in [5, 5.41) is 0.723. The van der Waals surface area contributed by atoms with Gasteiger partial charge in [-0.1, -0.05) is 12.1 Å². The molecule has 4 rings (SSSR count). The molecule has 1 aromatic carbocycles. The van der Waals surface area contributed by atoms with Gasteiger partial charge in [-0.3, -0.25) is 14.4 Å². The second kappa shape index (κ2) is 5.70. The predicted molar refractivity (Wildman–Crippen MR) is 81.1 cm³/mol. The molecule has 0 aliphatic carbocycles.